The molecular formula is C9H18N2O. The maximum atomic E-state index is 11.4. The molecule has 0 radical (unpaired) electrons. The molecule has 0 aromatic rings. The highest BCUT2D eigenvalue weighted by atomic mass is 16.2. The van der Waals surface area contributed by atoms with E-state index < -0.39 is 0 Å². The number of likely N-dealkylation sites (N-methyl/N-ethyl adjacent to an activating group) is 1. The largest absolute Gasteiger partial charge is 0.341 e. The number of hydrogen-bond donors (Lipinski definition) is 1. The van der Waals surface area contributed by atoms with Gasteiger partial charge in [0.15, 0.2) is 0 Å². The number of nitrogens with one attached hydrogen (secondary N) is 1. The molecule has 1 fully saturated rings. The molecule has 12 heavy (non-hydrogen) atoms. The lowest BCUT2D eigenvalue weighted by Gasteiger charge is -2.28. The van der Waals surface area contributed by atoms with Crippen molar-refractivity contribution in [3.63, 3.8) is 0 Å². The number of amides is 1. The van der Waals surface area contributed by atoms with Crippen LogP contribution in [-0.4, -0.2) is 37.0 Å². The van der Waals surface area contributed by atoms with Gasteiger partial charge in [-0.3, -0.25) is 4.79 Å². The summed E-state index contributed by atoms with van der Waals surface area (Å²) in [5.41, 5.74) is 0. The highest BCUT2D eigenvalue weighted by Gasteiger charge is 2.24. The zero-order valence-corrected chi connectivity index (χ0v) is 8.13. The Bertz CT molecular complexity index is 168. The van der Waals surface area contributed by atoms with Crippen LogP contribution in [0.2, 0.25) is 0 Å². The monoisotopic (exact) mass is 170 g/mol. The Kier molecular flexibility index (Phi) is 3.09. The van der Waals surface area contributed by atoms with Gasteiger partial charge < -0.3 is 10.2 Å². The Labute approximate surface area is 74.1 Å². The van der Waals surface area contributed by atoms with E-state index in [1.165, 1.54) is 0 Å². The molecule has 3 nitrogen and oxygen atoms in total. The minimum atomic E-state index is 0.263. The Morgan fingerprint density at radius 2 is 2.25 bits per heavy atom. The van der Waals surface area contributed by atoms with Crippen LogP contribution in [0.1, 0.15) is 20.3 Å². The highest BCUT2D eigenvalue weighted by molar-refractivity contribution is 5.76. The molecule has 1 amide bonds. The second-order valence-corrected chi connectivity index (χ2v) is 3.77. The van der Waals surface area contributed by atoms with Crippen molar-refractivity contribution in [1.82, 2.24) is 10.2 Å². The van der Waals surface area contributed by atoms with Crippen LogP contribution in [0, 0.1) is 5.92 Å². The van der Waals surface area contributed by atoms with E-state index in [1.807, 2.05) is 11.9 Å². The van der Waals surface area contributed by atoms with Crippen LogP contribution in [0.4, 0.5) is 0 Å². The standard InChI is InChI=1S/C9H18N2O/c1-7(2)8-6-10-5-4-9(12)11(8)3/h7-8,10H,4-6H2,1-3H3. The molecule has 1 N–H and O–H groups in total. The van der Waals surface area contributed by atoms with Crippen LogP contribution in [0.5, 0.6) is 0 Å². The molecule has 0 aromatic heterocycles. The summed E-state index contributed by atoms with van der Waals surface area (Å²) in [5, 5.41) is 3.28. The second kappa shape index (κ2) is 3.90. The molecule has 1 heterocycles. The van der Waals surface area contributed by atoms with Gasteiger partial charge in [0.25, 0.3) is 0 Å². The topological polar surface area (TPSA) is 32.3 Å². The number of carbonyl (C=O) groups excluding carboxylic acids is 1. The van der Waals surface area contributed by atoms with E-state index in [9.17, 15) is 4.79 Å². The molecule has 0 spiro atoms. The van der Waals surface area contributed by atoms with Gasteiger partial charge in [-0.05, 0) is 5.92 Å². The third-order valence-electron chi connectivity index (χ3n) is 2.53. The zero-order chi connectivity index (χ0) is 9.14. The minimum Gasteiger partial charge on any atom is -0.341 e. The van der Waals surface area contributed by atoms with E-state index in [0.29, 0.717) is 18.4 Å². The predicted octanol–water partition coefficient (Wildman–Crippen LogP) is 0.463. The van der Waals surface area contributed by atoms with E-state index in [4.69, 9.17) is 0 Å². The maximum Gasteiger partial charge on any atom is 0.223 e. The lowest BCUT2D eigenvalue weighted by Crippen LogP contribution is -2.42. The van der Waals surface area contributed by atoms with Gasteiger partial charge in [0, 0.05) is 32.6 Å². The summed E-state index contributed by atoms with van der Waals surface area (Å²) >= 11 is 0. The highest BCUT2D eigenvalue weighted by Crippen LogP contribution is 2.11. The molecule has 0 aromatic carbocycles. The minimum absolute atomic E-state index is 0.263. The average molecular weight is 170 g/mol. The summed E-state index contributed by atoms with van der Waals surface area (Å²) in [7, 11) is 1.90. The third kappa shape index (κ3) is 1.97. The third-order valence-corrected chi connectivity index (χ3v) is 2.53. The molecular weight excluding hydrogens is 152 g/mol. The first-order valence-corrected chi connectivity index (χ1v) is 4.59. The van der Waals surface area contributed by atoms with Crippen molar-refractivity contribution in [2.75, 3.05) is 20.1 Å². The number of nitrogens with zero attached hydrogens (tertiary/aromatic N) is 1. The zero-order valence-electron chi connectivity index (χ0n) is 8.13. The van der Waals surface area contributed by atoms with E-state index >= 15 is 0 Å². The first-order chi connectivity index (χ1) is 5.63. The summed E-state index contributed by atoms with van der Waals surface area (Å²) in [6.07, 6.45) is 0.639. The van der Waals surface area contributed by atoms with Gasteiger partial charge in [-0.2, -0.15) is 0 Å². The van der Waals surface area contributed by atoms with E-state index in [2.05, 4.69) is 19.2 Å². The quantitative estimate of drug-likeness (QED) is 0.620. The van der Waals surface area contributed by atoms with E-state index in [1.54, 1.807) is 0 Å². The SMILES string of the molecule is CC(C)C1CNCCC(=O)N1C. The van der Waals surface area contributed by atoms with Crippen molar-refractivity contribution in [3.05, 3.63) is 0 Å². The molecule has 70 valence electrons. The fourth-order valence-corrected chi connectivity index (χ4v) is 1.63. The first-order valence-electron chi connectivity index (χ1n) is 4.59. The lowest BCUT2D eigenvalue weighted by molar-refractivity contribution is -0.131. The molecule has 0 aliphatic carbocycles. The Morgan fingerprint density at radius 3 is 2.83 bits per heavy atom. The summed E-state index contributed by atoms with van der Waals surface area (Å²) in [6, 6.07) is 0.361. The van der Waals surface area contributed by atoms with Crippen molar-refractivity contribution in [2.45, 2.75) is 26.3 Å². The average Bonchev–Trinajstić information content (AvgIpc) is 2.15. The van der Waals surface area contributed by atoms with Crippen LogP contribution in [0.15, 0.2) is 0 Å². The maximum absolute atomic E-state index is 11.4. The molecule has 3 heteroatoms. The van der Waals surface area contributed by atoms with Gasteiger partial charge in [-0.15, -0.1) is 0 Å². The van der Waals surface area contributed by atoms with E-state index in [-0.39, 0.29) is 5.91 Å². The summed E-state index contributed by atoms with van der Waals surface area (Å²) in [4.78, 5) is 13.3. The van der Waals surface area contributed by atoms with Crippen LogP contribution in [-0.2, 0) is 4.79 Å². The molecule has 1 aliphatic heterocycles. The number of carbonyl (C=O) groups is 1. The van der Waals surface area contributed by atoms with Crippen LogP contribution < -0.4 is 5.32 Å². The smallest absolute Gasteiger partial charge is 0.223 e. The normalized spacial score (nSPS) is 26.2. The van der Waals surface area contributed by atoms with Gasteiger partial charge >= 0.3 is 0 Å². The molecule has 1 atom stereocenters. The molecule has 1 unspecified atom stereocenters. The van der Waals surface area contributed by atoms with E-state index in [0.717, 1.165) is 13.1 Å². The van der Waals surface area contributed by atoms with Gasteiger partial charge in [-0.1, -0.05) is 13.8 Å². The van der Waals surface area contributed by atoms with Crippen molar-refractivity contribution in [1.29, 1.82) is 0 Å². The van der Waals surface area contributed by atoms with Gasteiger partial charge in [0.1, 0.15) is 0 Å². The predicted molar refractivity (Wildman–Crippen MR) is 48.9 cm³/mol. The number of rotatable bonds is 1. The first kappa shape index (κ1) is 9.52. The molecule has 1 rings (SSSR count). The van der Waals surface area contributed by atoms with Crippen molar-refractivity contribution < 1.29 is 4.79 Å². The number of hydrogen-bond acceptors (Lipinski definition) is 2. The summed E-state index contributed by atoms with van der Waals surface area (Å²) in [5.74, 6) is 0.795. The van der Waals surface area contributed by atoms with Gasteiger partial charge in [0.05, 0.1) is 0 Å². The molecule has 0 bridgehead atoms. The van der Waals surface area contributed by atoms with Crippen molar-refractivity contribution >= 4 is 5.91 Å². The van der Waals surface area contributed by atoms with Crippen LogP contribution >= 0.6 is 0 Å². The Balaban J connectivity index is 2.64. The van der Waals surface area contributed by atoms with Crippen LogP contribution in [0.25, 0.3) is 0 Å². The van der Waals surface area contributed by atoms with Gasteiger partial charge in [0.2, 0.25) is 5.91 Å². The van der Waals surface area contributed by atoms with Gasteiger partial charge in [-0.25, -0.2) is 0 Å². The molecule has 1 aliphatic rings. The second-order valence-electron chi connectivity index (χ2n) is 3.77. The Morgan fingerprint density at radius 1 is 1.58 bits per heavy atom. The fourth-order valence-electron chi connectivity index (χ4n) is 1.63. The molecule has 0 saturated carbocycles. The Hall–Kier alpha value is -0.570. The summed E-state index contributed by atoms with van der Waals surface area (Å²) < 4.78 is 0. The van der Waals surface area contributed by atoms with Crippen molar-refractivity contribution in [2.24, 2.45) is 5.92 Å². The molecule has 1 saturated heterocycles. The van der Waals surface area contributed by atoms with Crippen molar-refractivity contribution in [3.8, 4) is 0 Å². The van der Waals surface area contributed by atoms with Crippen LogP contribution in [0.3, 0.4) is 0 Å². The lowest BCUT2D eigenvalue weighted by atomic mass is 10.0. The summed E-state index contributed by atoms with van der Waals surface area (Å²) in [6.45, 7) is 6.06. The fraction of sp³-hybridized carbons (Fsp3) is 0.889.